The van der Waals surface area contributed by atoms with Crippen molar-refractivity contribution in [2.75, 3.05) is 31.1 Å². The van der Waals surface area contributed by atoms with Gasteiger partial charge in [-0.25, -0.2) is 14.8 Å². The number of carbonyl (C=O) groups is 1. The van der Waals surface area contributed by atoms with Crippen molar-refractivity contribution < 1.29 is 4.79 Å². The van der Waals surface area contributed by atoms with Crippen molar-refractivity contribution in [2.24, 2.45) is 0 Å². The molecule has 2 N–H and O–H groups in total. The van der Waals surface area contributed by atoms with Crippen LogP contribution < -0.4 is 10.2 Å². The summed E-state index contributed by atoms with van der Waals surface area (Å²) in [4.78, 5) is 33.5. The predicted molar refractivity (Wildman–Crippen MR) is 129 cm³/mol. The average molecular weight is 442 g/mol. The molecule has 8 nitrogen and oxygen atoms in total. The van der Waals surface area contributed by atoms with E-state index < -0.39 is 0 Å². The number of hydrogen-bond donors (Lipinski definition) is 2. The Hall–Kier alpha value is -3.94. The van der Waals surface area contributed by atoms with E-state index >= 15 is 0 Å². The first-order valence-electron chi connectivity index (χ1n) is 11.3. The van der Waals surface area contributed by atoms with E-state index in [1.807, 2.05) is 35.2 Å². The van der Waals surface area contributed by atoms with E-state index in [1.165, 1.54) is 0 Å². The number of nitrogens with zero attached hydrogens (tertiary/aromatic N) is 5. The summed E-state index contributed by atoms with van der Waals surface area (Å²) in [6.45, 7) is 4.82. The molecule has 33 heavy (non-hydrogen) atoms. The largest absolute Gasteiger partial charge is 0.352 e. The fraction of sp³-hybridized carbons (Fsp3) is 0.280. The highest BCUT2D eigenvalue weighted by molar-refractivity contribution is 5.92. The molecule has 1 saturated heterocycles. The maximum absolute atomic E-state index is 12.9. The molecule has 1 aliphatic heterocycles. The van der Waals surface area contributed by atoms with Crippen LogP contribution in [0.25, 0.3) is 22.3 Å². The quantitative estimate of drug-likeness (QED) is 0.489. The molecule has 1 aliphatic rings. The monoisotopic (exact) mass is 441 g/mol. The van der Waals surface area contributed by atoms with Crippen LogP contribution in [0.1, 0.15) is 24.9 Å². The van der Waals surface area contributed by atoms with Crippen molar-refractivity contribution in [3.8, 4) is 11.3 Å². The Morgan fingerprint density at radius 3 is 2.55 bits per heavy atom. The van der Waals surface area contributed by atoms with Crippen LogP contribution in [0.2, 0.25) is 0 Å². The maximum Gasteiger partial charge on any atom is 0.318 e. The van der Waals surface area contributed by atoms with Gasteiger partial charge in [0.15, 0.2) is 0 Å². The van der Waals surface area contributed by atoms with E-state index in [0.29, 0.717) is 13.1 Å². The molecular weight excluding hydrogens is 414 g/mol. The number of nitrogens with one attached hydrogen (secondary N) is 2. The number of urea groups is 1. The summed E-state index contributed by atoms with van der Waals surface area (Å²) in [5, 5.41) is 4.17. The lowest BCUT2D eigenvalue weighted by molar-refractivity contribution is 0.190. The predicted octanol–water partition coefficient (Wildman–Crippen LogP) is 4.00. The molecule has 4 aromatic rings. The lowest BCUT2D eigenvalue weighted by atomic mass is 10.1. The number of piperazine rings is 1. The molecule has 8 heteroatoms. The number of amides is 2. The first-order valence-corrected chi connectivity index (χ1v) is 11.3. The molecule has 5 rings (SSSR count). The Morgan fingerprint density at radius 1 is 1.06 bits per heavy atom. The van der Waals surface area contributed by atoms with E-state index in [-0.39, 0.29) is 12.1 Å². The van der Waals surface area contributed by atoms with E-state index in [1.54, 1.807) is 18.7 Å². The average Bonchev–Trinajstić information content (AvgIpc) is 3.33. The topological polar surface area (TPSA) is 90.0 Å². The zero-order valence-corrected chi connectivity index (χ0v) is 18.6. The summed E-state index contributed by atoms with van der Waals surface area (Å²) >= 11 is 0. The zero-order valence-electron chi connectivity index (χ0n) is 18.6. The van der Waals surface area contributed by atoms with Crippen LogP contribution in [0.3, 0.4) is 0 Å². The van der Waals surface area contributed by atoms with Crippen molar-refractivity contribution in [3.05, 3.63) is 72.8 Å². The Balaban J connectivity index is 1.27. The van der Waals surface area contributed by atoms with Gasteiger partial charge in [0.1, 0.15) is 17.8 Å². The van der Waals surface area contributed by atoms with Gasteiger partial charge in [-0.1, -0.05) is 37.3 Å². The van der Waals surface area contributed by atoms with E-state index in [9.17, 15) is 4.79 Å². The van der Waals surface area contributed by atoms with Crippen molar-refractivity contribution in [3.63, 3.8) is 0 Å². The summed E-state index contributed by atoms with van der Waals surface area (Å²) < 4.78 is 0. The van der Waals surface area contributed by atoms with Crippen LogP contribution in [0, 0.1) is 0 Å². The van der Waals surface area contributed by atoms with E-state index in [4.69, 9.17) is 0 Å². The Morgan fingerprint density at radius 2 is 1.82 bits per heavy atom. The third-order valence-corrected chi connectivity index (χ3v) is 6.17. The molecule has 2 amide bonds. The summed E-state index contributed by atoms with van der Waals surface area (Å²) in [5.41, 5.74) is 3.98. The van der Waals surface area contributed by atoms with Crippen LogP contribution in [-0.2, 0) is 0 Å². The number of pyridine rings is 1. The van der Waals surface area contributed by atoms with Gasteiger partial charge in [-0.15, -0.1) is 0 Å². The Kier molecular flexibility index (Phi) is 5.89. The standard InChI is InChI=1S/C25H27N7O/c1-2-21(18-6-4-3-5-7-18)30-25(33)32-14-12-31(13-15-32)24-20-16-22(19-8-10-26-11-9-19)29-23(20)27-17-28-24/h3-11,16-17,21H,2,12-15H2,1H3,(H,30,33)(H,27,28,29). The summed E-state index contributed by atoms with van der Waals surface area (Å²) in [6.07, 6.45) is 5.99. The number of hydrogen-bond acceptors (Lipinski definition) is 5. The highest BCUT2D eigenvalue weighted by Crippen LogP contribution is 2.29. The number of fused-ring (bicyclic) bond motifs is 1. The van der Waals surface area contributed by atoms with Crippen LogP contribution >= 0.6 is 0 Å². The number of aromatic amines is 1. The molecule has 1 unspecified atom stereocenters. The summed E-state index contributed by atoms with van der Waals surface area (Å²) in [5.74, 6) is 0.896. The minimum absolute atomic E-state index is 0.0141. The van der Waals surface area contributed by atoms with Gasteiger partial charge in [-0.05, 0) is 30.2 Å². The van der Waals surface area contributed by atoms with Gasteiger partial charge in [0.25, 0.3) is 0 Å². The maximum atomic E-state index is 12.9. The van der Waals surface area contributed by atoms with E-state index in [0.717, 1.165) is 53.2 Å². The number of anilines is 1. The summed E-state index contributed by atoms with van der Waals surface area (Å²) in [7, 11) is 0. The van der Waals surface area contributed by atoms with Crippen LogP contribution in [-0.4, -0.2) is 57.0 Å². The van der Waals surface area contributed by atoms with Crippen molar-refractivity contribution in [1.29, 1.82) is 0 Å². The number of carbonyl (C=O) groups excluding carboxylic acids is 1. The van der Waals surface area contributed by atoms with Crippen LogP contribution in [0.5, 0.6) is 0 Å². The smallest absolute Gasteiger partial charge is 0.318 e. The number of rotatable bonds is 5. The lowest BCUT2D eigenvalue weighted by Gasteiger charge is -2.36. The molecule has 1 aromatic carbocycles. The fourth-order valence-electron chi connectivity index (χ4n) is 4.33. The van der Waals surface area contributed by atoms with Crippen molar-refractivity contribution in [1.82, 2.24) is 30.2 Å². The number of H-pyrrole nitrogens is 1. The van der Waals surface area contributed by atoms with Gasteiger partial charge >= 0.3 is 6.03 Å². The second-order valence-electron chi connectivity index (χ2n) is 8.17. The molecule has 168 valence electrons. The Bertz CT molecular complexity index is 1220. The van der Waals surface area contributed by atoms with Gasteiger partial charge in [0.2, 0.25) is 0 Å². The molecule has 0 radical (unpaired) electrons. The second kappa shape index (κ2) is 9.28. The molecule has 4 heterocycles. The third-order valence-electron chi connectivity index (χ3n) is 6.17. The highest BCUT2D eigenvalue weighted by Gasteiger charge is 2.25. The highest BCUT2D eigenvalue weighted by atomic mass is 16.2. The normalized spacial score (nSPS) is 14.9. The first kappa shape index (κ1) is 20.9. The first-order chi connectivity index (χ1) is 16.2. The third kappa shape index (κ3) is 4.37. The summed E-state index contributed by atoms with van der Waals surface area (Å²) in [6, 6.07) is 16.1. The molecule has 1 atom stereocenters. The molecule has 0 bridgehead atoms. The van der Waals surface area contributed by atoms with Gasteiger partial charge < -0.3 is 20.1 Å². The van der Waals surface area contributed by atoms with Gasteiger partial charge in [-0.3, -0.25) is 4.98 Å². The molecule has 0 saturated carbocycles. The number of aromatic nitrogens is 4. The minimum Gasteiger partial charge on any atom is -0.352 e. The van der Waals surface area contributed by atoms with E-state index in [2.05, 4.69) is 55.3 Å². The molecule has 3 aromatic heterocycles. The minimum atomic E-state index is -0.0141. The lowest BCUT2D eigenvalue weighted by Crippen LogP contribution is -2.52. The molecular formula is C25H27N7O. The molecule has 1 fully saturated rings. The van der Waals surface area contributed by atoms with Crippen molar-refractivity contribution >= 4 is 22.9 Å². The zero-order chi connectivity index (χ0) is 22.6. The van der Waals surface area contributed by atoms with Gasteiger partial charge in [-0.2, -0.15) is 0 Å². The van der Waals surface area contributed by atoms with Crippen LogP contribution in [0.15, 0.2) is 67.3 Å². The number of benzene rings is 1. The fourth-order valence-corrected chi connectivity index (χ4v) is 4.33. The SMILES string of the molecule is CCC(NC(=O)N1CCN(c2ncnc3[nH]c(-c4ccncc4)cc23)CC1)c1ccccc1. The second-order valence-corrected chi connectivity index (χ2v) is 8.17. The van der Waals surface area contributed by atoms with Gasteiger partial charge in [0, 0.05) is 49.8 Å². The van der Waals surface area contributed by atoms with Gasteiger partial charge in [0.05, 0.1) is 11.4 Å². The molecule has 0 aliphatic carbocycles. The molecule has 0 spiro atoms. The Labute approximate surface area is 192 Å². The van der Waals surface area contributed by atoms with Crippen LogP contribution in [0.4, 0.5) is 10.6 Å². The van der Waals surface area contributed by atoms with Crippen molar-refractivity contribution in [2.45, 2.75) is 19.4 Å².